The van der Waals surface area contributed by atoms with Crippen LogP contribution in [0.2, 0.25) is 5.67 Å². The molecule has 1 aromatic carbocycles. The molecule has 16 heavy (non-hydrogen) atoms. The van der Waals surface area contributed by atoms with Gasteiger partial charge >= 0.3 is 6.00 Å². The van der Waals surface area contributed by atoms with Gasteiger partial charge in [0.05, 0.1) is 7.11 Å². The zero-order valence-electron chi connectivity index (χ0n) is 8.31. The van der Waals surface area contributed by atoms with Crippen LogP contribution in [0.25, 0.3) is 0 Å². The Hall–Kier alpha value is 0.904. The van der Waals surface area contributed by atoms with Crippen LogP contribution in [0.3, 0.4) is 0 Å². The molecule has 0 aliphatic heterocycles. The second kappa shape index (κ2) is 5.70. The summed E-state index contributed by atoms with van der Waals surface area (Å²) in [6, 6.07) is 4.40. The number of rotatable bonds is 4. The highest BCUT2D eigenvalue weighted by atomic mass is 35.8. The van der Waals surface area contributed by atoms with Crippen molar-refractivity contribution in [3.63, 3.8) is 0 Å². The molecular formula is C8H9Cl5OSi2. The first kappa shape index (κ1) is 15.0. The Morgan fingerprint density at radius 1 is 1.00 bits per heavy atom. The van der Waals surface area contributed by atoms with Crippen LogP contribution in [0.15, 0.2) is 24.3 Å². The Labute approximate surface area is 120 Å². The highest BCUT2D eigenvalue weighted by molar-refractivity contribution is 7.70. The lowest BCUT2D eigenvalue weighted by Crippen LogP contribution is -2.41. The van der Waals surface area contributed by atoms with Gasteiger partial charge in [-0.2, -0.15) is 0 Å². The summed E-state index contributed by atoms with van der Waals surface area (Å²) in [5.41, 5.74) is 0.278. The summed E-state index contributed by atoms with van der Waals surface area (Å²) in [5.74, 6) is 0.744. The maximum Gasteiger partial charge on any atom is 0.341 e. The van der Waals surface area contributed by atoms with Gasteiger partial charge in [0.1, 0.15) is 5.75 Å². The SMILES string of the molecule is COc1ccc([Si](Cl)(Cl)C[Si](Cl)(Cl)Cl)cc1. The van der Waals surface area contributed by atoms with Gasteiger partial charge in [0.25, 0.3) is 6.69 Å². The fourth-order valence-electron chi connectivity index (χ4n) is 1.19. The average Bonchev–Trinajstić information content (AvgIpc) is 2.14. The molecule has 0 saturated carbocycles. The quantitative estimate of drug-likeness (QED) is 0.586. The van der Waals surface area contributed by atoms with Gasteiger partial charge in [-0.05, 0) is 17.3 Å². The van der Waals surface area contributed by atoms with E-state index in [2.05, 4.69) is 0 Å². The molecule has 0 aromatic heterocycles. The molecule has 0 heterocycles. The molecule has 0 aliphatic carbocycles. The molecule has 1 nitrogen and oxygen atoms in total. The Morgan fingerprint density at radius 2 is 1.50 bits per heavy atom. The van der Waals surface area contributed by atoms with E-state index in [-0.39, 0.29) is 5.67 Å². The van der Waals surface area contributed by atoms with Gasteiger partial charge in [-0.15, -0.1) is 55.4 Å². The number of hydrogen-bond donors (Lipinski definition) is 0. The van der Waals surface area contributed by atoms with Crippen LogP contribution in [-0.2, 0) is 0 Å². The number of hydrogen-bond acceptors (Lipinski definition) is 1. The van der Waals surface area contributed by atoms with Crippen molar-refractivity contribution in [1.82, 2.24) is 0 Å². The first-order chi connectivity index (χ1) is 7.24. The lowest BCUT2D eigenvalue weighted by atomic mass is 10.3. The summed E-state index contributed by atoms with van der Waals surface area (Å²) in [7, 11) is 1.59. The zero-order valence-corrected chi connectivity index (χ0v) is 14.1. The molecule has 0 N–H and O–H groups in total. The zero-order chi connectivity index (χ0) is 12.4. The fourth-order valence-corrected chi connectivity index (χ4v) is 18.1. The van der Waals surface area contributed by atoms with E-state index in [1.165, 1.54) is 0 Å². The highest BCUT2D eigenvalue weighted by Crippen LogP contribution is 2.34. The topological polar surface area (TPSA) is 9.23 Å². The van der Waals surface area contributed by atoms with Gasteiger partial charge in [0, 0.05) is 5.67 Å². The maximum absolute atomic E-state index is 6.29. The Bertz CT molecular complexity index is 348. The summed E-state index contributed by atoms with van der Waals surface area (Å²) in [6.45, 7) is -2.70. The molecule has 0 unspecified atom stereocenters. The third-order valence-corrected chi connectivity index (χ3v) is 13.8. The normalized spacial score (nSPS) is 12.6. The molecule has 0 atom stereocenters. The molecule has 0 spiro atoms. The molecule has 0 bridgehead atoms. The van der Waals surface area contributed by atoms with Crippen LogP contribution in [0.1, 0.15) is 0 Å². The molecule has 0 amide bonds. The Balaban J connectivity index is 2.89. The molecule has 90 valence electrons. The lowest BCUT2D eigenvalue weighted by Gasteiger charge is -2.20. The van der Waals surface area contributed by atoms with Gasteiger partial charge in [-0.25, -0.2) is 0 Å². The average molecular weight is 355 g/mol. The van der Waals surface area contributed by atoms with Crippen molar-refractivity contribution in [2.75, 3.05) is 7.11 Å². The smallest absolute Gasteiger partial charge is 0.341 e. The van der Waals surface area contributed by atoms with Crippen molar-refractivity contribution in [1.29, 1.82) is 0 Å². The second-order valence-corrected chi connectivity index (χ2v) is 19.9. The van der Waals surface area contributed by atoms with Crippen molar-refractivity contribution < 1.29 is 4.74 Å². The summed E-state index contributed by atoms with van der Waals surface area (Å²) in [6.07, 6.45) is 0. The molecular weight excluding hydrogens is 346 g/mol. The Morgan fingerprint density at radius 3 is 1.88 bits per heavy atom. The fraction of sp³-hybridized carbons (Fsp3) is 0.250. The first-order valence-corrected chi connectivity index (χ1v) is 13.8. The van der Waals surface area contributed by atoms with Gasteiger partial charge < -0.3 is 4.74 Å². The van der Waals surface area contributed by atoms with Crippen molar-refractivity contribution >= 4 is 73.3 Å². The van der Waals surface area contributed by atoms with Crippen LogP contribution in [0.5, 0.6) is 5.75 Å². The van der Waals surface area contributed by atoms with Crippen LogP contribution in [-0.4, -0.2) is 19.8 Å². The van der Waals surface area contributed by atoms with Gasteiger partial charge in [-0.3, -0.25) is 0 Å². The van der Waals surface area contributed by atoms with Crippen molar-refractivity contribution in [2.24, 2.45) is 0 Å². The minimum absolute atomic E-state index is 0.278. The van der Waals surface area contributed by atoms with E-state index >= 15 is 0 Å². The van der Waals surface area contributed by atoms with Gasteiger partial charge in [-0.1, -0.05) is 12.1 Å². The van der Waals surface area contributed by atoms with Crippen molar-refractivity contribution in [2.45, 2.75) is 5.67 Å². The van der Waals surface area contributed by atoms with E-state index in [0.717, 1.165) is 10.9 Å². The molecule has 0 radical (unpaired) electrons. The highest BCUT2D eigenvalue weighted by Gasteiger charge is 2.42. The standard InChI is InChI=1S/C8H9Cl5OSi2/c1-14-7-2-4-8(5-3-7)15(9,10)6-16(11,12)13/h2-5H,6H2,1H3. The molecule has 0 aliphatic rings. The van der Waals surface area contributed by atoms with E-state index in [1.54, 1.807) is 19.2 Å². The Kier molecular flexibility index (Phi) is 5.33. The molecule has 0 fully saturated rings. The van der Waals surface area contributed by atoms with E-state index in [0.29, 0.717) is 0 Å². The monoisotopic (exact) mass is 352 g/mol. The van der Waals surface area contributed by atoms with Gasteiger partial charge in [0.2, 0.25) is 0 Å². The predicted octanol–water partition coefficient (Wildman–Crippen LogP) is 4.02. The second-order valence-electron chi connectivity index (χ2n) is 3.22. The molecule has 1 aromatic rings. The van der Waals surface area contributed by atoms with Crippen LogP contribution < -0.4 is 9.92 Å². The summed E-state index contributed by atoms with van der Waals surface area (Å²) in [5, 5.41) is 0.829. The van der Waals surface area contributed by atoms with Crippen LogP contribution in [0.4, 0.5) is 0 Å². The summed E-state index contributed by atoms with van der Waals surface area (Å²) >= 11 is 30.1. The van der Waals surface area contributed by atoms with Gasteiger partial charge in [0.15, 0.2) is 0 Å². The number of halogens is 5. The predicted molar refractivity (Wildman–Crippen MR) is 78.2 cm³/mol. The lowest BCUT2D eigenvalue weighted by molar-refractivity contribution is 0.415. The van der Waals surface area contributed by atoms with E-state index < -0.39 is 12.7 Å². The van der Waals surface area contributed by atoms with E-state index in [1.807, 2.05) is 12.1 Å². The largest absolute Gasteiger partial charge is 0.497 e. The number of ether oxygens (including phenoxy) is 1. The molecule has 0 saturated heterocycles. The molecule has 1 rings (SSSR count). The number of benzene rings is 1. The first-order valence-electron chi connectivity index (χ1n) is 4.34. The third-order valence-electron chi connectivity index (χ3n) is 1.93. The third kappa shape index (κ3) is 4.65. The van der Waals surface area contributed by atoms with Crippen LogP contribution >= 0.6 is 55.4 Å². The minimum Gasteiger partial charge on any atom is -0.497 e. The van der Waals surface area contributed by atoms with Crippen molar-refractivity contribution in [3.8, 4) is 5.75 Å². The number of methoxy groups -OCH3 is 1. The van der Waals surface area contributed by atoms with Crippen LogP contribution in [0, 0.1) is 0 Å². The van der Waals surface area contributed by atoms with Crippen molar-refractivity contribution in [3.05, 3.63) is 24.3 Å². The summed E-state index contributed by atoms with van der Waals surface area (Å²) in [4.78, 5) is 0. The molecule has 8 heteroatoms. The maximum atomic E-state index is 6.29. The minimum atomic E-state index is -2.81. The van der Waals surface area contributed by atoms with E-state index in [4.69, 9.17) is 60.1 Å². The van der Waals surface area contributed by atoms with E-state index in [9.17, 15) is 0 Å². The summed E-state index contributed by atoms with van der Waals surface area (Å²) < 4.78 is 5.04.